The molecular weight excluding hydrogens is 190 g/mol. The van der Waals surface area contributed by atoms with Gasteiger partial charge in [-0.25, -0.2) is 0 Å². The van der Waals surface area contributed by atoms with Gasteiger partial charge in [-0.3, -0.25) is 4.79 Å². The summed E-state index contributed by atoms with van der Waals surface area (Å²) in [6.07, 6.45) is 0. The molecule has 0 bridgehead atoms. The van der Waals surface area contributed by atoms with E-state index in [1.807, 2.05) is 25.1 Å². The van der Waals surface area contributed by atoms with Crippen LogP contribution >= 0.6 is 0 Å². The second-order valence-electron chi connectivity index (χ2n) is 3.44. The lowest BCUT2D eigenvalue weighted by Gasteiger charge is -2.22. The summed E-state index contributed by atoms with van der Waals surface area (Å²) in [4.78, 5) is 11.7. The summed E-state index contributed by atoms with van der Waals surface area (Å²) < 4.78 is 0. The predicted octanol–water partition coefficient (Wildman–Crippen LogP) is 1.27. The van der Waals surface area contributed by atoms with Crippen LogP contribution in [0.1, 0.15) is 17.3 Å². The van der Waals surface area contributed by atoms with Crippen LogP contribution in [0.25, 0.3) is 0 Å². The van der Waals surface area contributed by atoms with Crippen LogP contribution in [0.2, 0.25) is 0 Å². The van der Waals surface area contributed by atoms with E-state index in [0.29, 0.717) is 12.1 Å². The first-order chi connectivity index (χ1) is 7.33. The molecule has 0 saturated carbocycles. The van der Waals surface area contributed by atoms with Crippen LogP contribution in [0, 0.1) is 0 Å². The van der Waals surface area contributed by atoms with Gasteiger partial charge in [0.05, 0.1) is 16.9 Å². The summed E-state index contributed by atoms with van der Waals surface area (Å²) in [5.41, 5.74) is 2.63. The minimum absolute atomic E-state index is 0.0226. The standard InChI is InChI=1S/C11H15N3O/c1-2-12-11(15)8-4-3-5-9-10(8)14-7-6-13-9/h3-5,13-14H,2,6-7H2,1H3,(H,12,15). The topological polar surface area (TPSA) is 53.2 Å². The zero-order valence-corrected chi connectivity index (χ0v) is 8.76. The average Bonchev–Trinajstić information content (AvgIpc) is 2.28. The molecule has 1 amide bonds. The maximum atomic E-state index is 11.7. The van der Waals surface area contributed by atoms with Crippen molar-refractivity contribution in [3.05, 3.63) is 23.8 Å². The molecule has 1 aliphatic rings. The molecule has 0 atom stereocenters. The molecule has 2 rings (SSSR count). The Labute approximate surface area is 89.1 Å². The number of carbonyl (C=O) groups excluding carboxylic acids is 1. The second kappa shape index (κ2) is 4.21. The number of anilines is 2. The van der Waals surface area contributed by atoms with E-state index in [-0.39, 0.29) is 5.91 Å². The Bertz CT molecular complexity index is 376. The number of hydrogen-bond acceptors (Lipinski definition) is 3. The van der Waals surface area contributed by atoms with Crippen molar-refractivity contribution in [2.45, 2.75) is 6.92 Å². The van der Waals surface area contributed by atoms with Crippen molar-refractivity contribution in [3.8, 4) is 0 Å². The number of carbonyl (C=O) groups is 1. The molecule has 4 nitrogen and oxygen atoms in total. The van der Waals surface area contributed by atoms with E-state index >= 15 is 0 Å². The normalized spacial score (nSPS) is 13.4. The van der Waals surface area contributed by atoms with Gasteiger partial charge in [-0.05, 0) is 19.1 Å². The van der Waals surface area contributed by atoms with Gasteiger partial charge < -0.3 is 16.0 Å². The van der Waals surface area contributed by atoms with Crippen molar-refractivity contribution in [1.82, 2.24) is 5.32 Å². The molecule has 0 aromatic heterocycles. The Balaban J connectivity index is 2.34. The fourth-order valence-electron chi connectivity index (χ4n) is 1.72. The van der Waals surface area contributed by atoms with Gasteiger partial charge in [0.15, 0.2) is 0 Å². The van der Waals surface area contributed by atoms with Crippen LogP contribution in [0.3, 0.4) is 0 Å². The molecule has 1 aliphatic heterocycles. The molecule has 1 heterocycles. The maximum absolute atomic E-state index is 11.7. The van der Waals surface area contributed by atoms with Crippen LogP contribution in [0.15, 0.2) is 18.2 Å². The lowest BCUT2D eigenvalue weighted by molar-refractivity contribution is 0.0956. The van der Waals surface area contributed by atoms with Crippen LogP contribution < -0.4 is 16.0 Å². The van der Waals surface area contributed by atoms with Gasteiger partial charge in [-0.1, -0.05) is 6.07 Å². The molecular formula is C11H15N3O. The molecule has 4 heteroatoms. The molecule has 1 aromatic carbocycles. The van der Waals surface area contributed by atoms with E-state index in [9.17, 15) is 4.79 Å². The predicted molar refractivity (Wildman–Crippen MR) is 61.4 cm³/mol. The Morgan fingerprint density at radius 1 is 1.40 bits per heavy atom. The summed E-state index contributed by atoms with van der Waals surface area (Å²) in [5.74, 6) is -0.0226. The van der Waals surface area contributed by atoms with E-state index < -0.39 is 0 Å². The first-order valence-corrected chi connectivity index (χ1v) is 5.22. The van der Waals surface area contributed by atoms with Crippen molar-refractivity contribution in [3.63, 3.8) is 0 Å². The minimum atomic E-state index is -0.0226. The molecule has 3 N–H and O–H groups in total. The highest BCUT2D eigenvalue weighted by molar-refractivity contribution is 6.02. The van der Waals surface area contributed by atoms with Crippen molar-refractivity contribution in [1.29, 1.82) is 0 Å². The first kappa shape index (κ1) is 9.83. The Morgan fingerprint density at radius 2 is 2.20 bits per heavy atom. The van der Waals surface area contributed by atoms with Crippen molar-refractivity contribution < 1.29 is 4.79 Å². The second-order valence-corrected chi connectivity index (χ2v) is 3.44. The van der Waals surface area contributed by atoms with E-state index in [4.69, 9.17) is 0 Å². The van der Waals surface area contributed by atoms with Gasteiger partial charge in [-0.15, -0.1) is 0 Å². The average molecular weight is 205 g/mol. The zero-order chi connectivity index (χ0) is 10.7. The van der Waals surface area contributed by atoms with Crippen LogP contribution in [-0.2, 0) is 0 Å². The highest BCUT2D eigenvalue weighted by Crippen LogP contribution is 2.27. The number of para-hydroxylation sites is 1. The lowest BCUT2D eigenvalue weighted by Crippen LogP contribution is -2.27. The third kappa shape index (κ3) is 1.88. The van der Waals surface area contributed by atoms with Gasteiger partial charge in [-0.2, -0.15) is 0 Å². The minimum Gasteiger partial charge on any atom is -0.382 e. The van der Waals surface area contributed by atoms with E-state index in [1.165, 1.54) is 0 Å². The number of hydrogen-bond donors (Lipinski definition) is 3. The molecule has 0 saturated heterocycles. The fourth-order valence-corrected chi connectivity index (χ4v) is 1.72. The molecule has 0 fully saturated rings. The highest BCUT2D eigenvalue weighted by Gasteiger charge is 2.15. The van der Waals surface area contributed by atoms with Gasteiger partial charge in [0.2, 0.25) is 0 Å². The van der Waals surface area contributed by atoms with Crippen molar-refractivity contribution in [2.75, 3.05) is 30.3 Å². The molecule has 15 heavy (non-hydrogen) atoms. The molecule has 1 aromatic rings. The number of benzene rings is 1. The largest absolute Gasteiger partial charge is 0.382 e. The van der Waals surface area contributed by atoms with Crippen molar-refractivity contribution >= 4 is 17.3 Å². The summed E-state index contributed by atoms with van der Waals surface area (Å²) in [7, 11) is 0. The number of rotatable bonds is 2. The van der Waals surface area contributed by atoms with Gasteiger partial charge >= 0.3 is 0 Å². The summed E-state index contributed by atoms with van der Waals surface area (Å²) in [6.45, 7) is 4.31. The van der Waals surface area contributed by atoms with E-state index in [1.54, 1.807) is 0 Å². The molecule has 0 radical (unpaired) electrons. The molecule has 0 aliphatic carbocycles. The molecule has 0 unspecified atom stereocenters. The third-order valence-electron chi connectivity index (χ3n) is 2.39. The van der Waals surface area contributed by atoms with E-state index in [2.05, 4.69) is 16.0 Å². The quantitative estimate of drug-likeness (QED) is 0.681. The van der Waals surface area contributed by atoms with Crippen LogP contribution in [-0.4, -0.2) is 25.5 Å². The number of nitrogens with one attached hydrogen (secondary N) is 3. The molecule has 0 spiro atoms. The molecule has 80 valence electrons. The maximum Gasteiger partial charge on any atom is 0.253 e. The zero-order valence-electron chi connectivity index (χ0n) is 8.76. The fraction of sp³-hybridized carbons (Fsp3) is 0.364. The van der Waals surface area contributed by atoms with Gasteiger partial charge in [0, 0.05) is 19.6 Å². The van der Waals surface area contributed by atoms with Gasteiger partial charge in [0.25, 0.3) is 5.91 Å². The number of amides is 1. The van der Waals surface area contributed by atoms with E-state index in [0.717, 1.165) is 24.5 Å². The summed E-state index contributed by atoms with van der Waals surface area (Å²) in [6, 6.07) is 5.71. The first-order valence-electron chi connectivity index (χ1n) is 5.22. The van der Waals surface area contributed by atoms with Gasteiger partial charge in [0.1, 0.15) is 0 Å². The Morgan fingerprint density at radius 3 is 3.00 bits per heavy atom. The smallest absolute Gasteiger partial charge is 0.253 e. The monoisotopic (exact) mass is 205 g/mol. The Hall–Kier alpha value is -1.71. The van der Waals surface area contributed by atoms with Crippen LogP contribution in [0.5, 0.6) is 0 Å². The Kier molecular flexibility index (Phi) is 2.76. The summed E-state index contributed by atoms with van der Waals surface area (Å²) in [5, 5.41) is 9.31. The van der Waals surface area contributed by atoms with Crippen molar-refractivity contribution in [2.24, 2.45) is 0 Å². The summed E-state index contributed by atoms with van der Waals surface area (Å²) >= 11 is 0. The third-order valence-corrected chi connectivity index (χ3v) is 2.39. The lowest BCUT2D eigenvalue weighted by atomic mass is 10.1. The van der Waals surface area contributed by atoms with Crippen LogP contribution in [0.4, 0.5) is 11.4 Å². The SMILES string of the molecule is CCNC(=O)c1cccc2c1NCCN2. The highest BCUT2D eigenvalue weighted by atomic mass is 16.1. The number of fused-ring (bicyclic) bond motifs is 1.